The fourth-order valence-electron chi connectivity index (χ4n) is 1.51. The molecule has 2 aromatic heterocycles. The van der Waals surface area contributed by atoms with Gasteiger partial charge in [0.1, 0.15) is 5.02 Å². The number of anilines is 1. The van der Waals surface area contributed by atoms with E-state index in [-0.39, 0.29) is 16.6 Å². The SMILES string of the molecule is CC(C)n1ncc(NCc2ccn[nH]2)c(Cl)c1=O. The van der Waals surface area contributed by atoms with Crippen LogP contribution in [-0.4, -0.2) is 20.0 Å². The van der Waals surface area contributed by atoms with Crippen molar-refractivity contribution in [1.82, 2.24) is 20.0 Å². The van der Waals surface area contributed by atoms with Crippen molar-refractivity contribution < 1.29 is 0 Å². The summed E-state index contributed by atoms with van der Waals surface area (Å²) in [5.74, 6) is 0. The van der Waals surface area contributed by atoms with Crippen molar-refractivity contribution in [3.05, 3.63) is 39.5 Å². The summed E-state index contributed by atoms with van der Waals surface area (Å²) >= 11 is 6.02. The molecule has 0 aliphatic carbocycles. The van der Waals surface area contributed by atoms with Gasteiger partial charge in [-0.15, -0.1) is 0 Å². The molecule has 0 aliphatic rings. The lowest BCUT2D eigenvalue weighted by atomic mass is 10.3. The van der Waals surface area contributed by atoms with Gasteiger partial charge in [0.15, 0.2) is 0 Å². The number of hydrogen-bond donors (Lipinski definition) is 2. The highest BCUT2D eigenvalue weighted by Crippen LogP contribution is 2.16. The monoisotopic (exact) mass is 267 g/mol. The van der Waals surface area contributed by atoms with Crippen LogP contribution < -0.4 is 10.9 Å². The Morgan fingerprint density at radius 2 is 2.33 bits per heavy atom. The van der Waals surface area contributed by atoms with E-state index in [0.29, 0.717) is 12.2 Å². The van der Waals surface area contributed by atoms with Crippen LogP contribution in [0.5, 0.6) is 0 Å². The summed E-state index contributed by atoms with van der Waals surface area (Å²) in [5.41, 5.74) is 1.13. The Bertz CT molecular complexity index is 576. The lowest BCUT2D eigenvalue weighted by Crippen LogP contribution is -2.25. The van der Waals surface area contributed by atoms with Crippen molar-refractivity contribution in [2.45, 2.75) is 26.4 Å². The number of aromatic amines is 1. The van der Waals surface area contributed by atoms with Crippen molar-refractivity contribution in [2.24, 2.45) is 0 Å². The van der Waals surface area contributed by atoms with Crippen LogP contribution in [0.15, 0.2) is 23.3 Å². The van der Waals surface area contributed by atoms with E-state index in [0.717, 1.165) is 5.69 Å². The highest BCUT2D eigenvalue weighted by molar-refractivity contribution is 6.32. The number of nitrogens with zero attached hydrogens (tertiary/aromatic N) is 3. The first-order chi connectivity index (χ1) is 8.59. The van der Waals surface area contributed by atoms with Crippen LogP contribution in [-0.2, 0) is 6.54 Å². The maximum absolute atomic E-state index is 11.9. The van der Waals surface area contributed by atoms with E-state index < -0.39 is 0 Å². The van der Waals surface area contributed by atoms with E-state index in [9.17, 15) is 4.79 Å². The van der Waals surface area contributed by atoms with Gasteiger partial charge in [-0.3, -0.25) is 9.89 Å². The van der Waals surface area contributed by atoms with Crippen molar-refractivity contribution in [1.29, 1.82) is 0 Å². The molecule has 2 N–H and O–H groups in total. The zero-order valence-electron chi connectivity index (χ0n) is 10.1. The van der Waals surface area contributed by atoms with Crippen LogP contribution in [0.4, 0.5) is 5.69 Å². The number of rotatable bonds is 4. The van der Waals surface area contributed by atoms with Gasteiger partial charge < -0.3 is 5.32 Å². The average Bonchev–Trinajstić information content (AvgIpc) is 2.83. The Morgan fingerprint density at radius 3 is 2.94 bits per heavy atom. The predicted octanol–water partition coefficient (Wildman–Crippen LogP) is 1.81. The Hall–Kier alpha value is -1.82. The maximum atomic E-state index is 11.9. The molecule has 2 aromatic rings. The molecule has 0 spiro atoms. The highest BCUT2D eigenvalue weighted by Gasteiger charge is 2.10. The molecule has 7 heteroatoms. The lowest BCUT2D eigenvalue weighted by Gasteiger charge is -2.11. The zero-order chi connectivity index (χ0) is 13.1. The fraction of sp³-hybridized carbons (Fsp3) is 0.364. The quantitative estimate of drug-likeness (QED) is 0.886. The summed E-state index contributed by atoms with van der Waals surface area (Å²) in [6, 6.07) is 1.82. The Morgan fingerprint density at radius 1 is 1.56 bits per heavy atom. The van der Waals surface area contributed by atoms with Crippen LogP contribution in [0.2, 0.25) is 5.02 Å². The van der Waals surface area contributed by atoms with Crippen LogP contribution in [0.3, 0.4) is 0 Å². The number of H-pyrrole nitrogens is 1. The Kier molecular flexibility index (Phi) is 3.66. The van der Waals surface area contributed by atoms with Gasteiger partial charge in [-0.2, -0.15) is 10.2 Å². The molecule has 0 saturated carbocycles. The number of nitrogens with one attached hydrogen (secondary N) is 2. The van der Waals surface area contributed by atoms with Crippen molar-refractivity contribution in [3.63, 3.8) is 0 Å². The van der Waals surface area contributed by atoms with E-state index in [4.69, 9.17) is 11.6 Å². The number of aromatic nitrogens is 4. The molecule has 0 aliphatic heterocycles. The van der Waals surface area contributed by atoms with Crippen LogP contribution in [0.1, 0.15) is 25.6 Å². The van der Waals surface area contributed by atoms with Gasteiger partial charge in [0.25, 0.3) is 5.56 Å². The molecule has 0 saturated heterocycles. The van der Waals surface area contributed by atoms with Gasteiger partial charge in [-0.25, -0.2) is 4.68 Å². The molecule has 0 unspecified atom stereocenters. The predicted molar refractivity (Wildman–Crippen MR) is 69.8 cm³/mol. The van der Waals surface area contributed by atoms with Gasteiger partial charge in [-0.05, 0) is 19.9 Å². The molecular weight excluding hydrogens is 254 g/mol. The summed E-state index contributed by atoms with van der Waals surface area (Å²) in [6.07, 6.45) is 3.22. The summed E-state index contributed by atoms with van der Waals surface area (Å²) in [6.45, 7) is 4.26. The normalized spacial score (nSPS) is 10.9. The molecule has 0 radical (unpaired) electrons. The minimum absolute atomic E-state index is 0.0170. The van der Waals surface area contributed by atoms with Gasteiger partial charge in [0.2, 0.25) is 0 Å². The second-order valence-electron chi connectivity index (χ2n) is 4.15. The molecule has 0 amide bonds. The van der Waals surface area contributed by atoms with Crippen molar-refractivity contribution in [2.75, 3.05) is 5.32 Å². The average molecular weight is 268 g/mol. The fourth-order valence-corrected chi connectivity index (χ4v) is 1.71. The standard InChI is InChI=1S/C11H14ClN5O/c1-7(2)17-11(18)10(12)9(6-15-17)13-5-8-3-4-14-16-8/h3-4,6-7,13H,5H2,1-2H3,(H,14,16). The van der Waals surface area contributed by atoms with Gasteiger partial charge >= 0.3 is 0 Å². The van der Waals surface area contributed by atoms with Crippen LogP contribution in [0.25, 0.3) is 0 Å². The Balaban J connectivity index is 2.20. The number of hydrogen-bond acceptors (Lipinski definition) is 4. The van der Waals surface area contributed by atoms with Gasteiger partial charge in [0, 0.05) is 6.20 Å². The minimum atomic E-state index is -0.290. The summed E-state index contributed by atoms with van der Waals surface area (Å²) in [4.78, 5) is 11.9. The molecule has 96 valence electrons. The first-order valence-corrected chi connectivity index (χ1v) is 5.97. The molecular formula is C11H14ClN5O. The first-order valence-electron chi connectivity index (χ1n) is 5.59. The topological polar surface area (TPSA) is 75.6 Å². The third-order valence-electron chi connectivity index (χ3n) is 2.46. The highest BCUT2D eigenvalue weighted by atomic mass is 35.5. The third kappa shape index (κ3) is 2.53. The molecule has 2 heterocycles. The zero-order valence-corrected chi connectivity index (χ0v) is 10.9. The largest absolute Gasteiger partial charge is 0.377 e. The van der Waals surface area contributed by atoms with Gasteiger partial charge in [0.05, 0.1) is 30.2 Å². The molecule has 18 heavy (non-hydrogen) atoms. The van der Waals surface area contributed by atoms with Crippen molar-refractivity contribution >= 4 is 17.3 Å². The first kappa shape index (κ1) is 12.6. The van der Waals surface area contributed by atoms with E-state index in [1.54, 1.807) is 12.4 Å². The van der Waals surface area contributed by atoms with Crippen LogP contribution >= 0.6 is 11.6 Å². The summed E-state index contributed by atoms with van der Waals surface area (Å²) < 4.78 is 1.35. The molecule has 0 atom stereocenters. The minimum Gasteiger partial charge on any atom is -0.377 e. The molecule has 0 fully saturated rings. The lowest BCUT2D eigenvalue weighted by molar-refractivity contribution is 0.503. The Labute approximate surface area is 109 Å². The van der Waals surface area contributed by atoms with Crippen molar-refractivity contribution in [3.8, 4) is 0 Å². The van der Waals surface area contributed by atoms with E-state index in [1.807, 2.05) is 19.9 Å². The summed E-state index contributed by atoms with van der Waals surface area (Å²) in [7, 11) is 0. The van der Waals surface area contributed by atoms with Gasteiger partial charge in [-0.1, -0.05) is 11.6 Å². The molecule has 0 aromatic carbocycles. The van der Waals surface area contributed by atoms with E-state index >= 15 is 0 Å². The molecule has 6 nitrogen and oxygen atoms in total. The second-order valence-corrected chi connectivity index (χ2v) is 4.53. The molecule has 2 rings (SSSR count). The second kappa shape index (κ2) is 5.22. The van der Waals surface area contributed by atoms with Crippen LogP contribution in [0, 0.1) is 0 Å². The number of halogens is 1. The summed E-state index contributed by atoms with van der Waals surface area (Å²) in [5, 5.41) is 13.9. The smallest absolute Gasteiger partial charge is 0.287 e. The molecule has 0 bridgehead atoms. The third-order valence-corrected chi connectivity index (χ3v) is 2.83. The van der Waals surface area contributed by atoms with E-state index in [1.165, 1.54) is 4.68 Å². The maximum Gasteiger partial charge on any atom is 0.287 e. The van der Waals surface area contributed by atoms with E-state index in [2.05, 4.69) is 20.6 Å².